The Hall–Kier alpha value is -0.570. The molecule has 21 heavy (non-hydrogen) atoms. The Balaban J connectivity index is 1.91. The predicted octanol–water partition coefficient (Wildman–Crippen LogP) is 6.89. The topological polar surface area (TPSA) is 9.23 Å². The Bertz CT molecular complexity index is 381. The van der Waals surface area contributed by atoms with Crippen molar-refractivity contribution >= 4 is 15.9 Å². The quantitative estimate of drug-likeness (QED) is 0.369. The molecule has 1 nitrogen and oxygen atoms in total. The monoisotopic (exact) mass is 358 g/mol. The average Bonchev–Trinajstić information content (AvgIpc) is 2.48. The van der Waals surface area contributed by atoms with Crippen LogP contribution in [0, 0.1) is 5.82 Å². The van der Waals surface area contributed by atoms with Crippen molar-refractivity contribution in [2.75, 3.05) is 6.61 Å². The molecule has 0 spiro atoms. The second kappa shape index (κ2) is 12.0. The number of hydrogen-bond acceptors (Lipinski definition) is 1. The van der Waals surface area contributed by atoms with Gasteiger partial charge in [0.05, 0.1) is 11.1 Å². The standard InChI is InChI=1S/C18H28BrFO/c1-2-3-4-5-6-7-8-9-10-11-14-21-16-12-13-17(19)18(20)15-16/h12-13,15H,2-11,14H2,1H3. The fourth-order valence-electron chi connectivity index (χ4n) is 2.35. The lowest BCUT2D eigenvalue weighted by molar-refractivity contribution is 0.302. The van der Waals surface area contributed by atoms with Gasteiger partial charge in [0.25, 0.3) is 0 Å². The molecule has 0 aliphatic carbocycles. The van der Waals surface area contributed by atoms with E-state index < -0.39 is 0 Å². The Morgan fingerprint density at radius 2 is 1.48 bits per heavy atom. The highest BCUT2D eigenvalue weighted by Crippen LogP contribution is 2.21. The first-order valence-electron chi connectivity index (χ1n) is 8.32. The maximum absolute atomic E-state index is 13.3. The first-order chi connectivity index (χ1) is 10.2. The van der Waals surface area contributed by atoms with Crippen LogP contribution < -0.4 is 4.74 Å². The summed E-state index contributed by atoms with van der Waals surface area (Å²) in [6, 6.07) is 4.91. The van der Waals surface area contributed by atoms with Crippen LogP contribution in [0.1, 0.15) is 71.1 Å². The van der Waals surface area contributed by atoms with Crippen molar-refractivity contribution in [1.82, 2.24) is 0 Å². The highest BCUT2D eigenvalue weighted by Gasteiger charge is 2.01. The predicted molar refractivity (Wildman–Crippen MR) is 91.4 cm³/mol. The van der Waals surface area contributed by atoms with Gasteiger partial charge >= 0.3 is 0 Å². The third kappa shape index (κ3) is 9.13. The molecule has 1 aromatic rings. The largest absolute Gasteiger partial charge is 0.493 e. The maximum Gasteiger partial charge on any atom is 0.141 e. The van der Waals surface area contributed by atoms with Crippen LogP contribution in [0.2, 0.25) is 0 Å². The zero-order valence-electron chi connectivity index (χ0n) is 13.2. The normalized spacial score (nSPS) is 10.8. The van der Waals surface area contributed by atoms with Gasteiger partial charge in [0.2, 0.25) is 0 Å². The molecule has 1 aromatic carbocycles. The molecule has 0 atom stereocenters. The van der Waals surface area contributed by atoms with Gasteiger partial charge in [-0.15, -0.1) is 0 Å². The summed E-state index contributed by atoms with van der Waals surface area (Å²) in [6.07, 6.45) is 13.1. The summed E-state index contributed by atoms with van der Waals surface area (Å²) >= 11 is 3.14. The van der Waals surface area contributed by atoms with E-state index in [9.17, 15) is 4.39 Å². The lowest BCUT2D eigenvalue weighted by Gasteiger charge is -2.07. The summed E-state index contributed by atoms with van der Waals surface area (Å²) in [4.78, 5) is 0. The van der Waals surface area contributed by atoms with E-state index >= 15 is 0 Å². The molecule has 0 aliphatic heterocycles. The smallest absolute Gasteiger partial charge is 0.141 e. The van der Waals surface area contributed by atoms with E-state index in [1.165, 1.54) is 63.9 Å². The Labute approximate surface area is 137 Å². The van der Waals surface area contributed by atoms with E-state index in [1.54, 1.807) is 12.1 Å². The van der Waals surface area contributed by atoms with Crippen molar-refractivity contribution in [2.45, 2.75) is 71.1 Å². The highest BCUT2D eigenvalue weighted by molar-refractivity contribution is 9.10. The zero-order valence-corrected chi connectivity index (χ0v) is 14.8. The lowest BCUT2D eigenvalue weighted by Crippen LogP contribution is -1.97. The summed E-state index contributed by atoms with van der Waals surface area (Å²) < 4.78 is 19.3. The van der Waals surface area contributed by atoms with Crippen LogP contribution in [0.3, 0.4) is 0 Å². The van der Waals surface area contributed by atoms with Crippen LogP contribution in [-0.2, 0) is 0 Å². The van der Waals surface area contributed by atoms with Crippen molar-refractivity contribution < 1.29 is 9.13 Å². The molecule has 0 heterocycles. The first-order valence-corrected chi connectivity index (χ1v) is 9.11. The van der Waals surface area contributed by atoms with Gasteiger partial charge in [0, 0.05) is 6.07 Å². The van der Waals surface area contributed by atoms with E-state index in [0.717, 1.165) is 6.42 Å². The number of unbranched alkanes of at least 4 members (excludes halogenated alkanes) is 9. The van der Waals surface area contributed by atoms with Crippen molar-refractivity contribution in [1.29, 1.82) is 0 Å². The van der Waals surface area contributed by atoms with Gasteiger partial charge in [0.15, 0.2) is 0 Å². The van der Waals surface area contributed by atoms with Gasteiger partial charge in [-0.1, -0.05) is 64.7 Å². The minimum absolute atomic E-state index is 0.268. The van der Waals surface area contributed by atoms with Gasteiger partial charge < -0.3 is 4.74 Å². The Morgan fingerprint density at radius 3 is 2.05 bits per heavy atom. The zero-order chi connectivity index (χ0) is 15.3. The van der Waals surface area contributed by atoms with E-state index in [1.807, 2.05) is 0 Å². The SMILES string of the molecule is CCCCCCCCCCCCOc1ccc(Br)c(F)c1. The fourth-order valence-corrected chi connectivity index (χ4v) is 2.59. The molecule has 0 amide bonds. The molecule has 120 valence electrons. The summed E-state index contributed by atoms with van der Waals surface area (Å²) in [7, 11) is 0. The first kappa shape index (κ1) is 18.5. The lowest BCUT2D eigenvalue weighted by atomic mass is 10.1. The molecule has 0 N–H and O–H groups in total. The number of rotatable bonds is 12. The van der Waals surface area contributed by atoms with Gasteiger partial charge in [-0.2, -0.15) is 0 Å². The summed E-state index contributed by atoms with van der Waals surface area (Å²) in [5.74, 6) is 0.349. The molecule has 0 saturated heterocycles. The molecule has 3 heteroatoms. The minimum Gasteiger partial charge on any atom is -0.493 e. The number of benzene rings is 1. The Kier molecular flexibility index (Phi) is 10.6. The van der Waals surface area contributed by atoms with Crippen molar-refractivity contribution in [2.24, 2.45) is 0 Å². The van der Waals surface area contributed by atoms with Crippen LogP contribution in [0.4, 0.5) is 4.39 Å². The molecule has 1 rings (SSSR count). The van der Waals surface area contributed by atoms with Crippen molar-refractivity contribution in [3.05, 3.63) is 28.5 Å². The van der Waals surface area contributed by atoms with Gasteiger partial charge in [-0.3, -0.25) is 0 Å². The molecule has 0 aromatic heterocycles. The molecular weight excluding hydrogens is 331 g/mol. The third-order valence-corrected chi connectivity index (χ3v) is 4.30. The summed E-state index contributed by atoms with van der Waals surface area (Å²) in [6.45, 7) is 2.93. The van der Waals surface area contributed by atoms with Crippen LogP contribution in [0.25, 0.3) is 0 Å². The van der Waals surface area contributed by atoms with Gasteiger partial charge in [-0.25, -0.2) is 4.39 Å². The minimum atomic E-state index is -0.268. The third-order valence-electron chi connectivity index (χ3n) is 3.66. The van der Waals surface area contributed by atoms with Gasteiger partial charge in [-0.05, 0) is 34.5 Å². The molecule has 0 aliphatic rings. The average molecular weight is 359 g/mol. The van der Waals surface area contributed by atoms with Crippen LogP contribution >= 0.6 is 15.9 Å². The molecular formula is C18H28BrFO. The summed E-state index contributed by atoms with van der Waals surface area (Å²) in [5, 5.41) is 0. The fraction of sp³-hybridized carbons (Fsp3) is 0.667. The second-order valence-corrected chi connectivity index (χ2v) is 6.46. The summed E-state index contributed by atoms with van der Waals surface area (Å²) in [5.41, 5.74) is 0. The second-order valence-electron chi connectivity index (χ2n) is 5.61. The van der Waals surface area contributed by atoms with E-state index in [2.05, 4.69) is 22.9 Å². The number of halogens is 2. The van der Waals surface area contributed by atoms with E-state index in [4.69, 9.17) is 4.74 Å². The Morgan fingerprint density at radius 1 is 0.905 bits per heavy atom. The number of ether oxygens (including phenoxy) is 1. The van der Waals surface area contributed by atoms with Crippen LogP contribution in [0.15, 0.2) is 22.7 Å². The molecule has 0 bridgehead atoms. The maximum atomic E-state index is 13.3. The van der Waals surface area contributed by atoms with E-state index in [-0.39, 0.29) is 5.82 Å². The van der Waals surface area contributed by atoms with Crippen molar-refractivity contribution in [3.63, 3.8) is 0 Å². The highest BCUT2D eigenvalue weighted by atomic mass is 79.9. The number of hydrogen-bond donors (Lipinski definition) is 0. The van der Waals surface area contributed by atoms with Gasteiger partial charge in [0.1, 0.15) is 11.6 Å². The van der Waals surface area contributed by atoms with Crippen LogP contribution in [0.5, 0.6) is 5.75 Å². The molecule has 0 fully saturated rings. The molecule has 0 radical (unpaired) electrons. The van der Waals surface area contributed by atoms with E-state index in [0.29, 0.717) is 16.8 Å². The molecule has 0 unspecified atom stereocenters. The molecule has 0 saturated carbocycles. The van der Waals surface area contributed by atoms with Crippen LogP contribution in [-0.4, -0.2) is 6.61 Å². The van der Waals surface area contributed by atoms with Crippen molar-refractivity contribution in [3.8, 4) is 5.75 Å².